The molecule has 1 aliphatic heterocycles. The number of carbonyl (C=O) groups excluding carboxylic acids is 2. The third kappa shape index (κ3) is 8.45. The number of hydrogen-bond acceptors (Lipinski definition) is 8. The molecule has 15 heteroatoms. The van der Waals surface area contributed by atoms with Crippen molar-refractivity contribution < 1.29 is 22.5 Å². The van der Waals surface area contributed by atoms with Crippen LogP contribution in [-0.2, 0) is 26.0 Å². The zero-order chi connectivity index (χ0) is 30.6. The minimum Gasteiger partial charge on any atom is -0.370 e. The highest BCUT2D eigenvalue weighted by Gasteiger charge is 2.38. The standard InChI is InChI=1S/C29H38N8O5S.ClH/c1-19-33-26(34-42-19)12-14-37(23-9-10-23)28(39)25(16-27(38)32-17-20-5-4-13-36(18-20)29(30)31)35-43(40,41)24-11-8-21-6-2-3-7-22(21)15-24;/h2-3,6-8,11,15,20,23,25,35H,4-5,9-10,12-14,16-18H2,1H3,(H3,30,31)(H,32,38);1H/t20-,25-;/m0./s1. The highest BCUT2D eigenvalue weighted by atomic mass is 35.5. The molecule has 2 amide bonds. The molecule has 1 saturated carbocycles. The highest BCUT2D eigenvalue weighted by Crippen LogP contribution is 2.28. The van der Waals surface area contributed by atoms with Crippen molar-refractivity contribution in [3.05, 3.63) is 54.2 Å². The van der Waals surface area contributed by atoms with Gasteiger partial charge in [0, 0.05) is 45.6 Å². The first-order valence-corrected chi connectivity index (χ1v) is 16.0. The van der Waals surface area contributed by atoms with Crippen LogP contribution in [-0.4, -0.2) is 84.4 Å². The van der Waals surface area contributed by atoms with Gasteiger partial charge in [0.15, 0.2) is 11.8 Å². The van der Waals surface area contributed by atoms with E-state index in [1.165, 1.54) is 6.07 Å². The number of nitrogens with one attached hydrogen (secondary N) is 3. The first kappa shape index (κ1) is 33.1. The lowest BCUT2D eigenvalue weighted by molar-refractivity contribution is -0.136. The van der Waals surface area contributed by atoms with Crippen LogP contribution < -0.4 is 15.8 Å². The van der Waals surface area contributed by atoms with Gasteiger partial charge in [-0.05, 0) is 54.5 Å². The number of carbonyl (C=O) groups is 2. The van der Waals surface area contributed by atoms with Gasteiger partial charge in [0.1, 0.15) is 6.04 Å². The molecule has 2 atom stereocenters. The molecule has 2 fully saturated rings. The predicted octanol–water partition coefficient (Wildman–Crippen LogP) is 1.95. The van der Waals surface area contributed by atoms with Crippen molar-refractivity contribution in [1.29, 1.82) is 5.41 Å². The van der Waals surface area contributed by atoms with E-state index in [4.69, 9.17) is 15.7 Å². The fourth-order valence-corrected chi connectivity index (χ4v) is 6.68. The van der Waals surface area contributed by atoms with Crippen LogP contribution in [0.5, 0.6) is 0 Å². The lowest BCUT2D eigenvalue weighted by atomic mass is 9.98. The third-order valence-corrected chi connectivity index (χ3v) is 9.35. The summed E-state index contributed by atoms with van der Waals surface area (Å²) in [6.45, 7) is 3.54. The lowest BCUT2D eigenvalue weighted by Crippen LogP contribution is -2.52. The number of nitrogens with two attached hydrogens (primary N) is 1. The maximum atomic E-state index is 13.9. The molecule has 238 valence electrons. The third-order valence-electron chi connectivity index (χ3n) is 7.88. The second-order valence-corrected chi connectivity index (χ2v) is 13.0. The summed E-state index contributed by atoms with van der Waals surface area (Å²) in [5.41, 5.74) is 5.64. The van der Waals surface area contributed by atoms with E-state index in [9.17, 15) is 18.0 Å². The molecule has 5 N–H and O–H groups in total. The molecule has 0 bridgehead atoms. The minimum absolute atomic E-state index is 0. The molecule has 0 unspecified atom stereocenters. The Balaban J connectivity index is 0.00000442. The van der Waals surface area contributed by atoms with E-state index in [0.29, 0.717) is 37.8 Å². The van der Waals surface area contributed by atoms with Crippen molar-refractivity contribution >= 4 is 51.0 Å². The normalized spacial score (nSPS) is 17.5. The molecule has 1 aromatic heterocycles. The number of aromatic nitrogens is 2. The summed E-state index contributed by atoms with van der Waals surface area (Å²) in [6.07, 6.45) is 3.28. The van der Waals surface area contributed by atoms with Gasteiger partial charge in [-0.25, -0.2) is 8.42 Å². The fourth-order valence-electron chi connectivity index (χ4n) is 5.46. The Hall–Kier alpha value is -3.75. The van der Waals surface area contributed by atoms with Crippen molar-refractivity contribution in [3.63, 3.8) is 0 Å². The van der Waals surface area contributed by atoms with Gasteiger partial charge in [0.05, 0.1) is 11.3 Å². The van der Waals surface area contributed by atoms with Crippen LogP contribution in [0.15, 0.2) is 51.9 Å². The number of piperidine rings is 1. The number of halogens is 1. The summed E-state index contributed by atoms with van der Waals surface area (Å²) in [6, 6.07) is 10.8. The smallest absolute Gasteiger partial charge is 0.241 e. The van der Waals surface area contributed by atoms with E-state index >= 15 is 0 Å². The van der Waals surface area contributed by atoms with Gasteiger partial charge < -0.3 is 25.4 Å². The summed E-state index contributed by atoms with van der Waals surface area (Å²) in [5, 5.41) is 16.1. The number of hydrogen-bond donors (Lipinski definition) is 4. The maximum Gasteiger partial charge on any atom is 0.241 e. The van der Waals surface area contributed by atoms with Crippen LogP contribution in [0.3, 0.4) is 0 Å². The molecule has 13 nitrogen and oxygen atoms in total. The number of likely N-dealkylation sites (tertiary alicyclic amines) is 1. The van der Waals surface area contributed by atoms with Crippen molar-refractivity contribution in [3.8, 4) is 0 Å². The molecule has 2 aliphatic rings. The SMILES string of the molecule is Cc1nc(CCN(C(=O)[C@H](CC(=O)NC[C@@H]2CCCN(C(=N)N)C2)NS(=O)(=O)c2ccc3ccccc3c2)C2CC2)no1.Cl. The van der Waals surface area contributed by atoms with Crippen LogP contribution in [0.1, 0.15) is 43.8 Å². The number of aryl methyl sites for hydroxylation is 1. The van der Waals surface area contributed by atoms with E-state index in [0.717, 1.165) is 36.5 Å². The summed E-state index contributed by atoms with van der Waals surface area (Å²) in [7, 11) is -4.16. The Kier molecular flexibility index (Phi) is 10.8. The Morgan fingerprint density at radius 3 is 2.61 bits per heavy atom. The van der Waals surface area contributed by atoms with Gasteiger partial charge in [-0.15, -0.1) is 12.4 Å². The van der Waals surface area contributed by atoms with Crippen LogP contribution in [0.4, 0.5) is 0 Å². The summed E-state index contributed by atoms with van der Waals surface area (Å²) in [5.74, 6) is 0.0505. The molecule has 3 aromatic rings. The molecule has 2 heterocycles. The van der Waals surface area contributed by atoms with Gasteiger partial charge in [0.25, 0.3) is 0 Å². The molecule has 0 spiro atoms. The number of sulfonamides is 1. The van der Waals surface area contributed by atoms with E-state index in [1.807, 2.05) is 24.3 Å². The van der Waals surface area contributed by atoms with Crippen molar-refractivity contribution in [2.45, 2.75) is 62.4 Å². The van der Waals surface area contributed by atoms with Gasteiger partial charge >= 0.3 is 0 Å². The van der Waals surface area contributed by atoms with Crippen molar-refractivity contribution in [2.24, 2.45) is 11.7 Å². The Bertz CT molecular complexity index is 1600. The van der Waals surface area contributed by atoms with Crippen LogP contribution in [0.2, 0.25) is 0 Å². The van der Waals surface area contributed by atoms with Crippen LogP contribution in [0.25, 0.3) is 10.8 Å². The Labute approximate surface area is 262 Å². The minimum atomic E-state index is -4.16. The van der Waals surface area contributed by atoms with E-state index in [2.05, 4.69) is 20.2 Å². The Morgan fingerprint density at radius 1 is 1.18 bits per heavy atom. The van der Waals surface area contributed by atoms with E-state index in [-0.39, 0.29) is 48.2 Å². The molecule has 2 aromatic carbocycles. The van der Waals surface area contributed by atoms with Gasteiger partial charge in [-0.3, -0.25) is 15.0 Å². The number of guanidine groups is 1. The van der Waals surface area contributed by atoms with E-state index in [1.54, 1.807) is 28.9 Å². The number of nitrogens with zero attached hydrogens (tertiary/aromatic N) is 4. The monoisotopic (exact) mass is 646 g/mol. The molecular formula is C29H39ClN8O5S. The number of benzene rings is 2. The summed E-state index contributed by atoms with van der Waals surface area (Å²) >= 11 is 0. The van der Waals surface area contributed by atoms with E-state index < -0.39 is 27.9 Å². The van der Waals surface area contributed by atoms with Gasteiger partial charge in [-0.1, -0.05) is 35.5 Å². The lowest BCUT2D eigenvalue weighted by Gasteiger charge is -2.33. The molecular weight excluding hydrogens is 608 g/mol. The number of amides is 2. The Morgan fingerprint density at radius 2 is 1.93 bits per heavy atom. The maximum absolute atomic E-state index is 13.9. The van der Waals surface area contributed by atoms with Crippen LogP contribution in [0, 0.1) is 18.3 Å². The predicted molar refractivity (Wildman–Crippen MR) is 167 cm³/mol. The highest BCUT2D eigenvalue weighted by molar-refractivity contribution is 7.89. The molecule has 5 rings (SSSR count). The molecule has 0 radical (unpaired) electrons. The first-order valence-electron chi connectivity index (χ1n) is 14.6. The second kappa shape index (κ2) is 14.4. The average molecular weight is 647 g/mol. The largest absolute Gasteiger partial charge is 0.370 e. The van der Waals surface area contributed by atoms with Gasteiger partial charge in [0.2, 0.25) is 27.7 Å². The van der Waals surface area contributed by atoms with Crippen molar-refractivity contribution in [2.75, 3.05) is 26.2 Å². The topological polar surface area (TPSA) is 188 Å². The van der Waals surface area contributed by atoms with Gasteiger partial charge in [-0.2, -0.15) is 9.71 Å². The fraction of sp³-hybridized carbons (Fsp3) is 0.483. The summed E-state index contributed by atoms with van der Waals surface area (Å²) in [4.78, 5) is 34.7. The zero-order valence-corrected chi connectivity index (χ0v) is 26.2. The number of fused-ring (bicyclic) bond motifs is 1. The number of rotatable bonds is 12. The van der Waals surface area contributed by atoms with Crippen molar-refractivity contribution in [1.82, 2.24) is 30.0 Å². The molecule has 1 saturated heterocycles. The van der Waals surface area contributed by atoms with Crippen LogP contribution >= 0.6 is 12.4 Å². The quantitative estimate of drug-likeness (QED) is 0.168. The first-order chi connectivity index (χ1) is 20.6. The molecule has 1 aliphatic carbocycles. The second-order valence-electron chi connectivity index (χ2n) is 11.3. The zero-order valence-electron chi connectivity index (χ0n) is 24.6. The average Bonchev–Trinajstić information content (AvgIpc) is 3.75. The summed E-state index contributed by atoms with van der Waals surface area (Å²) < 4.78 is 34.8. The molecule has 44 heavy (non-hydrogen) atoms.